The van der Waals surface area contributed by atoms with Crippen LogP contribution in [0.3, 0.4) is 0 Å². The van der Waals surface area contributed by atoms with E-state index in [0.717, 1.165) is 6.42 Å². The molecule has 2 N–H and O–H groups in total. The van der Waals surface area contributed by atoms with Gasteiger partial charge in [0.25, 0.3) is 0 Å². The van der Waals surface area contributed by atoms with E-state index < -0.39 is 12.6 Å². The van der Waals surface area contributed by atoms with E-state index in [2.05, 4.69) is 4.90 Å². The van der Waals surface area contributed by atoms with E-state index in [0.29, 0.717) is 57.1 Å². The molecule has 2 saturated heterocycles. The Balaban J connectivity index is 0.00000272. The zero-order chi connectivity index (χ0) is 22.2. The third-order valence-corrected chi connectivity index (χ3v) is 5.53. The first kappa shape index (κ1) is 30.0. The number of ether oxygens (including phenoxy) is 4. The Morgan fingerprint density at radius 2 is 1.48 bits per heavy atom. The van der Waals surface area contributed by atoms with Gasteiger partial charge < -0.3 is 29.2 Å². The van der Waals surface area contributed by atoms with Crippen molar-refractivity contribution in [2.75, 3.05) is 46.0 Å². The number of aliphatic hydroxyl groups excluding tert-OH is 2. The number of rotatable bonds is 10. The average Bonchev–Trinajstić information content (AvgIpc) is 2.78. The van der Waals surface area contributed by atoms with Crippen molar-refractivity contribution in [3.05, 3.63) is 29.8 Å². The van der Waals surface area contributed by atoms with E-state index in [1.165, 1.54) is 0 Å². The summed E-state index contributed by atoms with van der Waals surface area (Å²) in [6, 6.07) is 7.04. The number of morpholine rings is 2. The smallest absolute Gasteiger partial charge is 0.188 e. The molecule has 2 aliphatic rings. The number of carbonyl (C=O) groups is 1. The number of nitrogens with zero attached hydrogens (tertiary/aromatic N) is 2. The van der Waals surface area contributed by atoms with Crippen LogP contribution >= 0.6 is 24.8 Å². The van der Waals surface area contributed by atoms with Gasteiger partial charge in [-0.05, 0) is 37.1 Å². The number of hydrogen-bond acceptors (Lipinski definition) is 9. The molecule has 1 aromatic rings. The first-order valence-corrected chi connectivity index (χ1v) is 11.0. The van der Waals surface area contributed by atoms with Gasteiger partial charge in [0.05, 0.1) is 26.3 Å². The van der Waals surface area contributed by atoms with Crippen LogP contribution in [0.25, 0.3) is 0 Å². The van der Waals surface area contributed by atoms with Gasteiger partial charge in [-0.3, -0.25) is 14.6 Å². The van der Waals surface area contributed by atoms with Crippen molar-refractivity contribution in [3.63, 3.8) is 0 Å². The van der Waals surface area contributed by atoms with Crippen molar-refractivity contribution in [2.24, 2.45) is 0 Å². The van der Waals surface area contributed by atoms with Gasteiger partial charge in [-0.15, -0.1) is 24.8 Å². The third kappa shape index (κ3) is 8.93. The van der Waals surface area contributed by atoms with Crippen molar-refractivity contribution >= 4 is 30.6 Å². The molecule has 1 aromatic carbocycles. The largest absolute Gasteiger partial charge is 0.475 e. The standard InChI is InChI=1S/C22H34N2O7.2ClH/c1-3-19(23-9-11-28-21(26)13-23)30-15-18(25)16-5-7-17(8-6-16)31-20(4-2)24-10-12-29-22(27)14-24;;/h5-8,19-22,26-27H,3-4,9-15H2,1-2H3;2*1H. The van der Waals surface area contributed by atoms with Crippen LogP contribution in [0.4, 0.5) is 0 Å². The van der Waals surface area contributed by atoms with E-state index in [-0.39, 0.29) is 49.7 Å². The minimum Gasteiger partial charge on any atom is -0.475 e. The molecule has 0 radical (unpaired) electrons. The second kappa shape index (κ2) is 15.1. The predicted octanol–water partition coefficient (Wildman–Crippen LogP) is 1.88. The quantitative estimate of drug-likeness (QED) is 0.456. The van der Waals surface area contributed by atoms with E-state index in [1.54, 1.807) is 24.3 Å². The number of hydrogen-bond donors (Lipinski definition) is 2. The summed E-state index contributed by atoms with van der Waals surface area (Å²) in [5, 5.41) is 19.4. The van der Waals surface area contributed by atoms with Gasteiger partial charge in [-0.2, -0.15) is 0 Å². The molecule has 0 aliphatic carbocycles. The van der Waals surface area contributed by atoms with Gasteiger partial charge in [0.2, 0.25) is 0 Å². The molecule has 33 heavy (non-hydrogen) atoms. The molecule has 2 fully saturated rings. The summed E-state index contributed by atoms with van der Waals surface area (Å²) in [6.07, 6.45) is -0.546. The zero-order valence-electron chi connectivity index (χ0n) is 19.1. The molecule has 2 heterocycles. The van der Waals surface area contributed by atoms with Crippen LogP contribution in [-0.4, -0.2) is 96.8 Å². The molecule has 190 valence electrons. The SMILES string of the molecule is CCC(OCC(=O)c1ccc(OC(CC)N2CCOC(O)C2)cc1)N1CCOC(O)C1.Cl.Cl. The van der Waals surface area contributed by atoms with Gasteiger partial charge >= 0.3 is 0 Å². The second-order valence-corrected chi connectivity index (χ2v) is 7.74. The summed E-state index contributed by atoms with van der Waals surface area (Å²) in [4.78, 5) is 16.6. The topological polar surface area (TPSA) is 101 Å². The van der Waals surface area contributed by atoms with Crippen LogP contribution in [0.15, 0.2) is 24.3 Å². The average molecular weight is 511 g/mol. The molecule has 9 nitrogen and oxygen atoms in total. The first-order valence-electron chi connectivity index (χ1n) is 11.0. The van der Waals surface area contributed by atoms with Crippen molar-refractivity contribution in [1.29, 1.82) is 0 Å². The lowest BCUT2D eigenvalue weighted by Crippen LogP contribution is -2.49. The molecule has 0 amide bonds. The van der Waals surface area contributed by atoms with Gasteiger partial charge in [-0.1, -0.05) is 13.8 Å². The lowest BCUT2D eigenvalue weighted by Gasteiger charge is -2.36. The summed E-state index contributed by atoms with van der Waals surface area (Å²) in [5.41, 5.74) is 0.555. The molecule has 0 spiro atoms. The van der Waals surface area contributed by atoms with Crippen LogP contribution in [0, 0.1) is 0 Å². The Bertz CT molecular complexity index is 698. The molecular weight excluding hydrogens is 475 g/mol. The molecule has 2 aliphatic heterocycles. The summed E-state index contributed by atoms with van der Waals surface area (Å²) in [7, 11) is 0. The highest BCUT2D eigenvalue weighted by Gasteiger charge is 2.26. The minimum absolute atomic E-state index is 0. The zero-order valence-corrected chi connectivity index (χ0v) is 20.8. The minimum atomic E-state index is -0.817. The maximum absolute atomic E-state index is 12.6. The van der Waals surface area contributed by atoms with Crippen molar-refractivity contribution in [2.45, 2.75) is 51.7 Å². The van der Waals surface area contributed by atoms with Crippen molar-refractivity contribution < 1.29 is 34.0 Å². The number of β-amino-alcohol motifs (C(OH)–C–C–N with tert-alkyl or cyclic N) is 2. The molecule has 3 rings (SSSR count). The Labute approximate surface area is 207 Å². The first-order chi connectivity index (χ1) is 15.0. The predicted molar refractivity (Wildman–Crippen MR) is 127 cm³/mol. The highest BCUT2D eigenvalue weighted by atomic mass is 35.5. The highest BCUT2D eigenvalue weighted by Crippen LogP contribution is 2.19. The highest BCUT2D eigenvalue weighted by molar-refractivity contribution is 5.97. The van der Waals surface area contributed by atoms with Gasteiger partial charge in [0, 0.05) is 18.7 Å². The molecule has 4 unspecified atom stereocenters. The lowest BCUT2D eigenvalue weighted by atomic mass is 10.1. The van der Waals surface area contributed by atoms with Crippen molar-refractivity contribution in [1.82, 2.24) is 9.80 Å². The Morgan fingerprint density at radius 3 is 1.97 bits per heavy atom. The molecule has 0 bridgehead atoms. The maximum atomic E-state index is 12.6. The number of Topliss-reactive ketones (excluding diaryl/α,β-unsaturated/α-hetero) is 1. The maximum Gasteiger partial charge on any atom is 0.188 e. The molecule has 0 aromatic heterocycles. The van der Waals surface area contributed by atoms with Gasteiger partial charge in [-0.25, -0.2) is 0 Å². The number of carbonyl (C=O) groups excluding carboxylic acids is 1. The van der Waals surface area contributed by atoms with Crippen LogP contribution in [0.1, 0.15) is 37.0 Å². The third-order valence-electron chi connectivity index (χ3n) is 5.53. The van der Waals surface area contributed by atoms with Gasteiger partial charge in [0.1, 0.15) is 18.6 Å². The normalized spacial score (nSPS) is 23.6. The lowest BCUT2D eigenvalue weighted by molar-refractivity contribution is -0.181. The monoisotopic (exact) mass is 510 g/mol. The molecular formula is C22H36Cl2N2O7. The van der Waals surface area contributed by atoms with Crippen molar-refractivity contribution in [3.8, 4) is 5.75 Å². The molecule has 4 atom stereocenters. The number of halogens is 2. The van der Waals surface area contributed by atoms with E-state index >= 15 is 0 Å². The van der Waals surface area contributed by atoms with Gasteiger partial charge in [0.15, 0.2) is 24.6 Å². The van der Waals surface area contributed by atoms with E-state index in [4.69, 9.17) is 18.9 Å². The summed E-state index contributed by atoms with van der Waals surface area (Å²) < 4.78 is 22.2. The Morgan fingerprint density at radius 1 is 0.970 bits per heavy atom. The Kier molecular flexibility index (Phi) is 13.7. The summed E-state index contributed by atoms with van der Waals surface area (Å²) >= 11 is 0. The fraction of sp³-hybridized carbons (Fsp3) is 0.682. The van der Waals surface area contributed by atoms with Crippen LogP contribution in [0.2, 0.25) is 0 Å². The fourth-order valence-corrected chi connectivity index (χ4v) is 3.85. The number of aliphatic hydroxyl groups is 2. The van der Waals surface area contributed by atoms with E-state index in [9.17, 15) is 15.0 Å². The second-order valence-electron chi connectivity index (χ2n) is 7.74. The summed E-state index contributed by atoms with van der Waals surface area (Å²) in [6.45, 7) is 7.03. The Hall–Kier alpha value is -1.01. The number of ketones is 1. The molecule has 0 saturated carbocycles. The fourth-order valence-electron chi connectivity index (χ4n) is 3.85. The van der Waals surface area contributed by atoms with Crippen LogP contribution in [-0.2, 0) is 14.2 Å². The summed E-state index contributed by atoms with van der Waals surface area (Å²) in [5.74, 6) is 0.557. The van der Waals surface area contributed by atoms with Crippen LogP contribution in [0.5, 0.6) is 5.75 Å². The van der Waals surface area contributed by atoms with E-state index in [1.807, 2.05) is 18.7 Å². The molecule has 11 heteroatoms. The van der Waals surface area contributed by atoms with Crippen LogP contribution < -0.4 is 4.74 Å². The number of benzene rings is 1.